The number of benzene rings is 2. The molecule has 0 amide bonds. The van der Waals surface area contributed by atoms with E-state index in [1.54, 1.807) is 6.92 Å². The Labute approximate surface area is 173 Å². The fourth-order valence-corrected chi connectivity index (χ4v) is 2.58. The molecule has 31 heavy (non-hydrogen) atoms. The lowest BCUT2D eigenvalue weighted by molar-refractivity contribution is -0.274. The van der Waals surface area contributed by atoms with E-state index in [0.29, 0.717) is 0 Å². The van der Waals surface area contributed by atoms with E-state index >= 15 is 0 Å². The summed E-state index contributed by atoms with van der Waals surface area (Å²) < 4.78 is 69.1. The molecule has 11 heteroatoms. The Kier molecular flexibility index (Phi) is 6.54. The van der Waals surface area contributed by atoms with Crippen molar-refractivity contribution in [2.24, 2.45) is 0 Å². The van der Waals surface area contributed by atoms with Crippen molar-refractivity contribution in [2.45, 2.75) is 19.3 Å². The number of aliphatic hydroxyl groups excluding tert-OH is 1. The molecule has 0 spiro atoms. The second-order valence-corrected chi connectivity index (χ2v) is 6.49. The molecule has 1 aromatic heterocycles. The maximum Gasteiger partial charge on any atom is 0.573 e. The molecule has 0 unspecified atom stereocenters. The van der Waals surface area contributed by atoms with Crippen LogP contribution in [0.2, 0.25) is 0 Å². The fourth-order valence-electron chi connectivity index (χ4n) is 2.58. The molecule has 0 aliphatic rings. The molecule has 0 bridgehead atoms. The van der Waals surface area contributed by atoms with Crippen molar-refractivity contribution in [1.29, 1.82) is 0 Å². The van der Waals surface area contributed by atoms with Crippen molar-refractivity contribution in [1.82, 2.24) is 9.97 Å². The van der Waals surface area contributed by atoms with Gasteiger partial charge in [-0.2, -0.15) is 4.98 Å². The summed E-state index contributed by atoms with van der Waals surface area (Å²) in [6.07, 6.45) is -4.87. The highest BCUT2D eigenvalue weighted by Gasteiger charge is 2.31. The summed E-state index contributed by atoms with van der Waals surface area (Å²) in [5, 5.41) is 14.7. The van der Waals surface area contributed by atoms with Gasteiger partial charge in [-0.3, -0.25) is 0 Å². The molecular weight excluding hydrogens is 423 g/mol. The third-order valence-electron chi connectivity index (χ3n) is 3.95. The predicted molar refractivity (Wildman–Crippen MR) is 104 cm³/mol. The van der Waals surface area contributed by atoms with Crippen molar-refractivity contribution >= 4 is 17.5 Å². The van der Waals surface area contributed by atoms with Gasteiger partial charge in [0, 0.05) is 17.7 Å². The van der Waals surface area contributed by atoms with Crippen LogP contribution < -0.4 is 15.4 Å². The monoisotopic (exact) mass is 440 g/mol. The lowest BCUT2D eigenvalue weighted by Gasteiger charge is -2.15. The Morgan fingerprint density at radius 1 is 1.06 bits per heavy atom. The predicted octanol–water partition coefficient (Wildman–Crippen LogP) is 4.86. The van der Waals surface area contributed by atoms with E-state index in [-0.39, 0.29) is 35.3 Å². The molecule has 0 aliphatic carbocycles. The molecule has 3 rings (SSSR count). The number of nitrogens with one attached hydrogen (secondary N) is 2. The molecule has 0 saturated carbocycles. The van der Waals surface area contributed by atoms with Gasteiger partial charge < -0.3 is 20.5 Å². The molecular formula is C20H17F5N4O2. The van der Waals surface area contributed by atoms with Gasteiger partial charge in [-0.15, -0.1) is 13.2 Å². The van der Waals surface area contributed by atoms with Crippen molar-refractivity contribution in [3.8, 4) is 17.0 Å². The van der Waals surface area contributed by atoms with Crippen molar-refractivity contribution in [3.63, 3.8) is 0 Å². The second-order valence-electron chi connectivity index (χ2n) is 6.49. The van der Waals surface area contributed by atoms with Crippen LogP contribution in [-0.2, 0) is 0 Å². The molecule has 164 valence electrons. The summed E-state index contributed by atoms with van der Waals surface area (Å²) in [6.45, 7) is 1.40. The zero-order valence-electron chi connectivity index (χ0n) is 16.0. The van der Waals surface area contributed by atoms with E-state index < -0.39 is 29.8 Å². The van der Waals surface area contributed by atoms with Gasteiger partial charge in [0.15, 0.2) is 11.6 Å². The third kappa shape index (κ3) is 6.01. The number of ether oxygens (including phenoxy) is 1. The number of aromatic nitrogens is 2. The molecule has 0 aliphatic heterocycles. The van der Waals surface area contributed by atoms with Gasteiger partial charge in [0.05, 0.1) is 18.0 Å². The molecule has 3 N–H and O–H groups in total. The molecule has 1 heterocycles. The Morgan fingerprint density at radius 2 is 1.81 bits per heavy atom. The van der Waals surface area contributed by atoms with Gasteiger partial charge >= 0.3 is 6.36 Å². The number of halogens is 5. The fraction of sp³-hybridized carbons (Fsp3) is 0.200. The lowest BCUT2D eigenvalue weighted by atomic mass is 10.1. The van der Waals surface area contributed by atoms with Gasteiger partial charge in [0.1, 0.15) is 11.6 Å². The summed E-state index contributed by atoms with van der Waals surface area (Å²) in [6, 6.07) is 9.55. The Balaban J connectivity index is 2.01. The van der Waals surface area contributed by atoms with E-state index in [2.05, 4.69) is 25.3 Å². The number of hydrogen-bond acceptors (Lipinski definition) is 6. The number of alkyl halides is 3. The van der Waals surface area contributed by atoms with Gasteiger partial charge in [0.25, 0.3) is 0 Å². The minimum absolute atomic E-state index is 0.0144. The van der Waals surface area contributed by atoms with Crippen LogP contribution in [0.15, 0.2) is 48.5 Å². The largest absolute Gasteiger partial charge is 0.573 e. The van der Waals surface area contributed by atoms with Crippen molar-refractivity contribution in [3.05, 3.63) is 60.2 Å². The number of anilines is 3. The first-order valence-corrected chi connectivity index (χ1v) is 8.98. The van der Waals surface area contributed by atoms with E-state index in [9.17, 15) is 27.1 Å². The number of rotatable bonds is 7. The Morgan fingerprint density at radius 3 is 2.52 bits per heavy atom. The number of nitrogens with zero attached hydrogens (tertiary/aromatic N) is 2. The Bertz CT molecular complexity index is 1060. The number of aliphatic hydroxyl groups is 1. The average molecular weight is 440 g/mol. The van der Waals surface area contributed by atoms with Crippen LogP contribution in [-0.4, -0.2) is 34.1 Å². The highest BCUT2D eigenvalue weighted by atomic mass is 19.4. The minimum Gasteiger partial charge on any atom is -0.406 e. The molecule has 1 atom stereocenters. The Hall–Kier alpha value is -3.47. The van der Waals surface area contributed by atoms with Gasteiger partial charge in [-0.05, 0) is 31.2 Å². The zero-order chi connectivity index (χ0) is 22.6. The van der Waals surface area contributed by atoms with Gasteiger partial charge in [0.2, 0.25) is 5.95 Å². The average Bonchev–Trinajstić information content (AvgIpc) is 2.70. The lowest BCUT2D eigenvalue weighted by Crippen LogP contribution is -2.21. The third-order valence-corrected chi connectivity index (χ3v) is 3.95. The SMILES string of the molecule is C[C@@H](CO)Nc1nc(Nc2cccc(F)c2F)cc(-c2cccc(OC(F)(F)F)c2)n1. The van der Waals surface area contributed by atoms with Crippen LogP contribution in [0.5, 0.6) is 5.75 Å². The van der Waals surface area contributed by atoms with Crippen LogP contribution in [0.4, 0.5) is 39.4 Å². The topological polar surface area (TPSA) is 79.3 Å². The first-order chi connectivity index (χ1) is 14.6. The molecule has 0 fully saturated rings. The molecule has 2 aromatic carbocycles. The van der Waals surface area contributed by atoms with Gasteiger partial charge in [-0.25, -0.2) is 13.8 Å². The van der Waals surface area contributed by atoms with E-state index in [4.69, 9.17) is 0 Å². The van der Waals surface area contributed by atoms with Crippen LogP contribution in [0.3, 0.4) is 0 Å². The first kappa shape index (κ1) is 22.2. The molecule has 3 aromatic rings. The van der Waals surface area contributed by atoms with E-state index in [1.165, 1.54) is 30.3 Å². The van der Waals surface area contributed by atoms with Crippen LogP contribution in [0.25, 0.3) is 11.3 Å². The van der Waals surface area contributed by atoms with E-state index in [1.807, 2.05) is 0 Å². The normalized spacial score (nSPS) is 12.4. The maximum atomic E-state index is 14.0. The standard InChI is InChI=1S/C20H17F5N4O2/c1-11(10-30)26-19-28-16(12-4-2-5-13(8-12)31-20(23,24)25)9-17(29-19)27-15-7-3-6-14(21)18(15)22/h2-9,11,30H,10H2,1H3,(H2,26,27,28,29)/t11-/m0/s1. The highest BCUT2D eigenvalue weighted by molar-refractivity contribution is 5.68. The second kappa shape index (κ2) is 9.13. The first-order valence-electron chi connectivity index (χ1n) is 8.98. The van der Waals surface area contributed by atoms with Crippen LogP contribution in [0.1, 0.15) is 6.92 Å². The quantitative estimate of drug-likeness (QED) is 0.456. The summed E-state index contributed by atoms with van der Waals surface area (Å²) in [4.78, 5) is 8.38. The molecule has 0 radical (unpaired) electrons. The minimum atomic E-state index is -4.87. The van der Waals surface area contributed by atoms with E-state index in [0.717, 1.165) is 18.2 Å². The van der Waals surface area contributed by atoms with Crippen molar-refractivity contribution in [2.75, 3.05) is 17.2 Å². The molecule has 6 nitrogen and oxygen atoms in total. The van der Waals surface area contributed by atoms with Crippen LogP contribution >= 0.6 is 0 Å². The smallest absolute Gasteiger partial charge is 0.406 e. The number of hydrogen-bond donors (Lipinski definition) is 3. The summed E-state index contributed by atoms with van der Waals surface area (Å²) in [5.41, 5.74) is 0.237. The summed E-state index contributed by atoms with van der Waals surface area (Å²) in [5.74, 6) is -2.58. The molecule has 0 saturated heterocycles. The maximum absolute atomic E-state index is 14.0. The highest BCUT2D eigenvalue weighted by Crippen LogP contribution is 2.30. The summed E-state index contributed by atoms with van der Waals surface area (Å²) in [7, 11) is 0. The van der Waals surface area contributed by atoms with Gasteiger partial charge in [-0.1, -0.05) is 18.2 Å². The zero-order valence-corrected chi connectivity index (χ0v) is 16.0. The van der Waals surface area contributed by atoms with Crippen LogP contribution in [0, 0.1) is 11.6 Å². The van der Waals surface area contributed by atoms with Crippen molar-refractivity contribution < 1.29 is 31.8 Å². The summed E-state index contributed by atoms with van der Waals surface area (Å²) >= 11 is 0.